The van der Waals surface area contributed by atoms with E-state index in [9.17, 15) is 14.0 Å². The van der Waals surface area contributed by atoms with Crippen LogP contribution in [0.4, 0.5) is 10.1 Å². The molecule has 0 aliphatic heterocycles. The van der Waals surface area contributed by atoms with Crippen molar-refractivity contribution in [3.8, 4) is 0 Å². The predicted octanol–water partition coefficient (Wildman–Crippen LogP) is 3.10. The molecule has 0 atom stereocenters. The molecular formula is C17H23FN2O2. The molecule has 1 aromatic carbocycles. The minimum atomic E-state index is -0.430. The molecule has 1 fully saturated rings. The van der Waals surface area contributed by atoms with E-state index in [0.29, 0.717) is 25.7 Å². The normalized spacial score (nSPS) is 21.5. The molecule has 1 aliphatic rings. The van der Waals surface area contributed by atoms with Gasteiger partial charge in [-0.25, -0.2) is 4.39 Å². The molecule has 4 nitrogen and oxygen atoms in total. The standard InChI is InChI=1S/C17H23FN2O2/c1-11(2)19-16(21)12-7-9-13(10-8-12)17(22)20-15-6-4-3-5-14(15)18/h3-6,11-13H,7-10H2,1-2H3,(H,19,21)(H,20,22). The number of rotatable bonds is 4. The third-order valence-corrected chi connectivity index (χ3v) is 4.03. The molecule has 1 aliphatic carbocycles. The number of para-hydroxylation sites is 1. The fraction of sp³-hybridized carbons (Fsp3) is 0.529. The average Bonchev–Trinajstić information content (AvgIpc) is 2.49. The van der Waals surface area contributed by atoms with Crippen LogP contribution in [0.2, 0.25) is 0 Å². The number of nitrogens with one attached hydrogen (secondary N) is 2. The van der Waals surface area contributed by atoms with Gasteiger partial charge in [0.25, 0.3) is 0 Å². The van der Waals surface area contributed by atoms with E-state index >= 15 is 0 Å². The lowest BCUT2D eigenvalue weighted by molar-refractivity contribution is -0.128. The molecule has 0 spiro atoms. The first-order chi connectivity index (χ1) is 10.5. The first-order valence-corrected chi connectivity index (χ1v) is 7.83. The van der Waals surface area contributed by atoms with Gasteiger partial charge in [-0.15, -0.1) is 0 Å². The van der Waals surface area contributed by atoms with E-state index in [4.69, 9.17) is 0 Å². The van der Waals surface area contributed by atoms with Crippen molar-refractivity contribution in [2.24, 2.45) is 11.8 Å². The van der Waals surface area contributed by atoms with Gasteiger partial charge in [0.1, 0.15) is 5.82 Å². The van der Waals surface area contributed by atoms with Crippen molar-refractivity contribution in [2.45, 2.75) is 45.6 Å². The van der Waals surface area contributed by atoms with Gasteiger partial charge in [-0.3, -0.25) is 9.59 Å². The lowest BCUT2D eigenvalue weighted by Crippen LogP contribution is -2.38. The van der Waals surface area contributed by atoms with E-state index < -0.39 is 5.82 Å². The lowest BCUT2D eigenvalue weighted by atomic mass is 9.81. The van der Waals surface area contributed by atoms with E-state index in [0.717, 1.165) is 0 Å². The number of hydrogen-bond acceptors (Lipinski definition) is 2. The minimum absolute atomic E-state index is 0.0140. The summed E-state index contributed by atoms with van der Waals surface area (Å²) in [6, 6.07) is 6.28. The van der Waals surface area contributed by atoms with Crippen LogP contribution in [-0.2, 0) is 9.59 Å². The molecule has 120 valence electrons. The van der Waals surface area contributed by atoms with E-state index in [1.165, 1.54) is 6.07 Å². The van der Waals surface area contributed by atoms with Crippen molar-refractivity contribution in [1.29, 1.82) is 0 Å². The molecule has 0 aromatic heterocycles. The van der Waals surface area contributed by atoms with E-state index in [1.54, 1.807) is 18.2 Å². The molecule has 2 N–H and O–H groups in total. The highest BCUT2D eigenvalue weighted by molar-refractivity contribution is 5.92. The molecule has 2 amide bonds. The Hall–Kier alpha value is -1.91. The Morgan fingerprint density at radius 3 is 2.14 bits per heavy atom. The number of amides is 2. The minimum Gasteiger partial charge on any atom is -0.354 e. The summed E-state index contributed by atoms with van der Waals surface area (Å²) in [4.78, 5) is 24.2. The van der Waals surface area contributed by atoms with Gasteiger partial charge in [0, 0.05) is 17.9 Å². The number of carbonyl (C=O) groups excluding carboxylic acids is 2. The van der Waals surface area contributed by atoms with Gasteiger partial charge in [0.15, 0.2) is 0 Å². The summed E-state index contributed by atoms with van der Waals surface area (Å²) in [5, 5.41) is 5.56. The topological polar surface area (TPSA) is 58.2 Å². The highest BCUT2D eigenvalue weighted by Gasteiger charge is 2.30. The van der Waals surface area contributed by atoms with Gasteiger partial charge < -0.3 is 10.6 Å². The fourth-order valence-corrected chi connectivity index (χ4v) is 2.82. The summed E-state index contributed by atoms with van der Waals surface area (Å²) in [6.45, 7) is 3.87. The molecule has 1 saturated carbocycles. The summed E-state index contributed by atoms with van der Waals surface area (Å²) in [5.74, 6) is -0.681. The van der Waals surface area contributed by atoms with Gasteiger partial charge in [0.05, 0.1) is 5.69 Å². The molecule has 1 aromatic rings. The van der Waals surface area contributed by atoms with Gasteiger partial charge in [0.2, 0.25) is 11.8 Å². The smallest absolute Gasteiger partial charge is 0.227 e. The highest BCUT2D eigenvalue weighted by Crippen LogP contribution is 2.30. The summed E-state index contributed by atoms with van der Waals surface area (Å²) in [7, 11) is 0. The highest BCUT2D eigenvalue weighted by atomic mass is 19.1. The van der Waals surface area contributed by atoms with Crippen LogP contribution in [0.3, 0.4) is 0 Å². The zero-order valence-corrected chi connectivity index (χ0v) is 13.1. The second-order valence-corrected chi connectivity index (χ2v) is 6.18. The van der Waals surface area contributed by atoms with E-state index in [1.807, 2.05) is 13.8 Å². The SMILES string of the molecule is CC(C)NC(=O)C1CCC(C(=O)Nc2ccccc2F)CC1. The van der Waals surface area contributed by atoms with Crippen molar-refractivity contribution in [3.63, 3.8) is 0 Å². The Bertz CT molecular complexity index is 537. The summed E-state index contributed by atoms with van der Waals surface area (Å²) in [6.07, 6.45) is 2.73. The van der Waals surface area contributed by atoms with Crippen molar-refractivity contribution in [1.82, 2.24) is 5.32 Å². The zero-order valence-electron chi connectivity index (χ0n) is 13.1. The van der Waals surface area contributed by atoms with Crippen LogP contribution in [-0.4, -0.2) is 17.9 Å². The molecule has 2 rings (SSSR count). The molecule has 0 heterocycles. The Labute approximate surface area is 130 Å². The Morgan fingerprint density at radius 2 is 1.59 bits per heavy atom. The number of halogens is 1. The Kier molecular flexibility index (Phi) is 5.52. The fourth-order valence-electron chi connectivity index (χ4n) is 2.82. The number of carbonyl (C=O) groups is 2. The van der Waals surface area contributed by atoms with Gasteiger partial charge in [-0.2, -0.15) is 0 Å². The van der Waals surface area contributed by atoms with Crippen LogP contribution in [0, 0.1) is 17.7 Å². The van der Waals surface area contributed by atoms with Crippen molar-refractivity contribution in [3.05, 3.63) is 30.1 Å². The Morgan fingerprint density at radius 1 is 1.05 bits per heavy atom. The summed E-state index contributed by atoms with van der Waals surface area (Å²) < 4.78 is 13.5. The number of hydrogen-bond donors (Lipinski definition) is 2. The quantitative estimate of drug-likeness (QED) is 0.898. The molecule has 0 unspecified atom stereocenters. The zero-order chi connectivity index (χ0) is 16.1. The van der Waals surface area contributed by atoms with E-state index in [2.05, 4.69) is 10.6 Å². The first-order valence-electron chi connectivity index (χ1n) is 7.83. The lowest BCUT2D eigenvalue weighted by Gasteiger charge is -2.27. The number of benzene rings is 1. The molecule has 22 heavy (non-hydrogen) atoms. The van der Waals surface area contributed by atoms with Crippen molar-refractivity contribution < 1.29 is 14.0 Å². The van der Waals surface area contributed by atoms with Crippen LogP contribution >= 0.6 is 0 Å². The maximum absolute atomic E-state index is 13.5. The van der Waals surface area contributed by atoms with Crippen LogP contribution < -0.4 is 10.6 Å². The maximum atomic E-state index is 13.5. The largest absolute Gasteiger partial charge is 0.354 e. The molecule has 5 heteroatoms. The first kappa shape index (κ1) is 16.5. The third kappa shape index (κ3) is 4.29. The van der Waals surface area contributed by atoms with Crippen LogP contribution in [0.15, 0.2) is 24.3 Å². The molecule has 0 saturated heterocycles. The van der Waals surface area contributed by atoms with Gasteiger partial charge >= 0.3 is 0 Å². The Balaban J connectivity index is 1.85. The second kappa shape index (κ2) is 7.38. The molecular weight excluding hydrogens is 283 g/mol. The van der Waals surface area contributed by atoms with Crippen LogP contribution in [0.5, 0.6) is 0 Å². The van der Waals surface area contributed by atoms with E-state index in [-0.39, 0.29) is 35.4 Å². The van der Waals surface area contributed by atoms with Crippen molar-refractivity contribution in [2.75, 3.05) is 5.32 Å². The monoisotopic (exact) mass is 306 g/mol. The average molecular weight is 306 g/mol. The second-order valence-electron chi connectivity index (χ2n) is 6.18. The van der Waals surface area contributed by atoms with Crippen molar-refractivity contribution >= 4 is 17.5 Å². The van der Waals surface area contributed by atoms with Crippen LogP contribution in [0.1, 0.15) is 39.5 Å². The van der Waals surface area contributed by atoms with Gasteiger partial charge in [-0.05, 0) is 51.7 Å². The summed E-state index contributed by atoms with van der Waals surface area (Å²) >= 11 is 0. The summed E-state index contributed by atoms with van der Waals surface area (Å²) in [5.41, 5.74) is 0.215. The maximum Gasteiger partial charge on any atom is 0.227 e. The third-order valence-electron chi connectivity index (χ3n) is 4.03. The number of anilines is 1. The molecule has 0 radical (unpaired) electrons. The van der Waals surface area contributed by atoms with Gasteiger partial charge in [-0.1, -0.05) is 12.1 Å². The molecule has 0 bridgehead atoms. The van der Waals surface area contributed by atoms with Crippen LogP contribution in [0.25, 0.3) is 0 Å². The predicted molar refractivity (Wildman–Crippen MR) is 83.8 cm³/mol.